The Morgan fingerprint density at radius 3 is 3.30 bits per heavy atom. The molecule has 1 unspecified atom stereocenters. The lowest BCUT2D eigenvalue weighted by Gasteiger charge is -2.05. The SMILES string of the molecule is [O-][NH+]1N=Nc2[c]cccc21. The van der Waals surface area contributed by atoms with Gasteiger partial charge in [-0.1, -0.05) is 17.2 Å². The third-order valence-electron chi connectivity index (χ3n) is 1.31. The van der Waals surface area contributed by atoms with Crippen LogP contribution in [0.25, 0.3) is 0 Å². The number of hydrogen-bond donors (Lipinski definition) is 1. The topological polar surface area (TPSA) is 52.2 Å². The standard InChI is InChI=1S/C6H4N3O/c10-9-6-4-2-1-3-5(6)7-8-9/h1-2,4,9H. The van der Waals surface area contributed by atoms with Crippen molar-refractivity contribution >= 4 is 11.4 Å². The van der Waals surface area contributed by atoms with Gasteiger partial charge in [-0.2, -0.15) is 5.17 Å². The van der Waals surface area contributed by atoms with Crippen LogP contribution >= 0.6 is 0 Å². The summed E-state index contributed by atoms with van der Waals surface area (Å²) in [6.45, 7) is 0. The second-order valence-corrected chi connectivity index (χ2v) is 1.94. The van der Waals surface area contributed by atoms with E-state index >= 15 is 0 Å². The van der Waals surface area contributed by atoms with Crippen molar-refractivity contribution in [3.05, 3.63) is 29.5 Å². The first-order valence-electron chi connectivity index (χ1n) is 2.85. The number of fused-ring (bicyclic) bond motifs is 1. The Morgan fingerprint density at radius 2 is 2.50 bits per heavy atom. The van der Waals surface area contributed by atoms with Crippen LogP contribution in [0.1, 0.15) is 0 Å². The molecule has 1 aromatic rings. The monoisotopic (exact) mass is 134 g/mol. The predicted octanol–water partition coefficient (Wildman–Crippen LogP) is 0.513. The number of nitrogens with zero attached hydrogens (tertiary/aromatic N) is 2. The van der Waals surface area contributed by atoms with Crippen molar-refractivity contribution in [1.82, 2.24) is 0 Å². The summed E-state index contributed by atoms with van der Waals surface area (Å²) in [6.07, 6.45) is 0. The Morgan fingerprint density at radius 1 is 1.60 bits per heavy atom. The molecule has 4 nitrogen and oxygen atoms in total. The van der Waals surface area contributed by atoms with E-state index in [1.165, 1.54) is 0 Å². The minimum atomic E-state index is -0.271. The zero-order valence-corrected chi connectivity index (χ0v) is 5.03. The minimum Gasteiger partial charge on any atom is -0.600 e. The molecule has 0 amide bonds. The Hall–Kier alpha value is -1.26. The van der Waals surface area contributed by atoms with E-state index in [-0.39, 0.29) is 5.17 Å². The average Bonchev–Trinajstić information content (AvgIpc) is 2.34. The fraction of sp³-hybridized carbons (Fsp3) is 0. The van der Waals surface area contributed by atoms with Crippen LogP contribution in [0.5, 0.6) is 0 Å². The van der Waals surface area contributed by atoms with Crippen molar-refractivity contribution in [2.45, 2.75) is 0 Å². The molecule has 0 aliphatic carbocycles. The molecule has 0 saturated heterocycles. The van der Waals surface area contributed by atoms with E-state index in [1.54, 1.807) is 18.2 Å². The average molecular weight is 134 g/mol. The van der Waals surface area contributed by atoms with E-state index in [0.717, 1.165) is 0 Å². The summed E-state index contributed by atoms with van der Waals surface area (Å²) in [7, 11) is 0. The summed E-state index contributed by atoms with van der Waals surface area (Å²) >= 11 is 0. The third-order valence-corrected chi connectivity index (χ3v) is 1.31. The highest BCUT2D eigenvalue weighted by atomic mass is 16.5. The summed E-state index contributed by atoms with van der Waals surface area (Å²) in [4.78, 5) is 0. The maximum atomic E-state index is 10.8. The van der Waals surface area contributed by atoms with Gasteiger partial charge in [0.25, 0.3) is 0 Å². The first-order valence-corrected chi connectivity index (χ1v) is 2.85. The lowest BCUT2D eigenvalue weighted by Crippen LogP contribution is -2.95. The molecule has 1 heterocycles. The molecule has 49 valence electrons. The van der Waals surface area contributed by atoms with Crippen molar-refractivity contribution in [3.63, 3.8) is 0 Å². The second-order valence-electron chi connectivity index (χ2n) is 1.94. The van der Waals surface area contributed by atoms with Gasteiger partial charge in [-0.05, 0) is 0 Å². The highest BCUT2D eigenvalue weighted by molar-refractivity contribution is 5.56. The zero-order valence-electron chi connectivity index (χ0n) is 5.03. The Labute approximate surface area is 57.4 Å². The molecule has 1 atom stereocenters. The molecule has 0 spiro atoms. The van der Waals surface area contributed by atoms with Crippen LogP contribution in [0.2, 0.25) is 0 Å². The van der Waals surface area contributed by atoms with Gasteiger partial charge in [0.05, 0.1) is 0 Å². The van der Waals surface area contributed by atoms with E-state index in [4.69, 9.17) is 0 Å². The molecule has 1 radical (unpaired) electrons. The van der Waals surface area contributed by atoms with Gasteiger partial charge in [-0.15, -0.1) is 0 Å². The van der Waals surface area contributed by atoms with Crippen LogP contribution in [0.3, 0.4) is 0 Å². The number of quaternary nitrogens is 1. The first-order chi connectivity index (χ1) is 4.88. The maximum Gasteiger partial charge on any atom is 0.187 e. The molecular weight excluding hydrogens is 130 g/mol. The number of nitrogens with one attached hydrogen (secondary N) is 1. The van der Waals surface area contributed by atoms with Crippen LogP contribution in [0, 0.1) is 11.3 Å². The largest absolute Gasteiger partial charge is 0.600 e. The van der Waals surface area contributed by atoms with Gasteiger partial charge >= 0.3 is 0 Å². The molecule has 1 aliphatic rings. The van der Waals surface area contributed by atoms with Crippen molar-refractivity contribution in [3.8, 4) is 0 Å². The Bertz CT molecular complexity index is 284. The van der Waals surface area contributed by atoms with Gasteiger partial charge in [-0.3, -0.25) is 0 Å². The van der Waals surface area contributed by atoms with Crippen molar-refractivity contribution in [1.29, 1.82) is 0 Å². The lowest BCUT2D eigenvalue weighted by molar-refractivity contribution is -0.784. The molecule has 1 aliphatic heterocycles. The maximum absolute atomic E-state index is 10.8. The molecule has 0 saturated carbocycles. The molecule has 0 bridgehead atoms. The molecule has 10 heavy (non-hydrogen) atoms. The van der Waals surface area contributed by atoms with Crippen LogP contribution in [-0.4, -0.2) is 0 Å². The molecule has 1 aromatic carbocycles. The van der Waals surface area contributed by atoms with Crippen molar-refractivity contribution < 1.29 is 5.17 Å². The fourth-order valence-corrected chi connectivity index (χ4v) is 0.833. The summed E-state index contributed by atoms with van der Waals surface area (Å²) in [5.41, 5.74) is 1.09. The molecule has 0 fully saturated rings. The normalized spacial score (nSPS) is 21.1. The quantitative estimate of drug-likeness (QED) is 0.516. The van der Waals surface area contributed by atoms with Gasteiger partial charge in [0.15, 0.2) is 11.4 Å². The zero-order chi connectivity index (χ0) is 6.97. The van der Waals surface area contributed by atoms with Gasteiger partial charge < -0.3 is 5.21 Å². The van der Waals surface area contributed by atoms with E-state index in [0.29, 0.717) is 11.4 Å². The summed E-state index contributed by atoms with van der Waals surface area (Å²) in [6, 6.07) is 7.93. The van der Waals surface area contributed by atoms with Crippen molar-refractivity contribution in [2.75, 3.05) is 0 Å². The van der Waals surface area contributed by atoms with Crippen LogP contribution in [-0.2, 0) is 0 Å². The second kappa shape index (κ2) is 1.86. The van der Waals surface area contributed by atoms with Crippen LogP contribution in [0.15, 0.2) is 28.5 Å². The van der Waals surface area contributed by atoms with Gasteiger partial charge in [-0.25, -0.2) is 0 Å². The smallest absolute Gasteiger partial charge is 0.187 e. The Balaban J connectivity index is 2.59. The Kier molecular flexibility index (Phi) is 1.03. The van der Waals surface area contributed by atoms with Crippen LogP contribution < -0.4 is 5.17 Å². The van der Waals surface area contributed by atoms with Crippen LogP contribution in [0.4, 0.5) is 11.4 Å². The number of rotatable bonds is 0. The molecule has 2 rings (SSSR count). The summed E-state index contributed by atoms with van der Waals surface area (Å²) < 4.78 is 0. The highest BCUT2D eigenvalue weighted by Gasteiger charge is 2.14. The molecule has 1 N–H and O–H groups in total. The van der Waals surface area contributed by atoms with Gasteiger partial charge in [0, 0.05) is 17.4 Å². The van der Waals surface area contributed by atoms with E-state index < -0.39 is 0 Å². The molecule has 0 aromatic heterocycles. The summed E-state index contributed by atoms with van der Waals surface area (Å²) in [5.74, 6) is 0. The number of hydrogen-bond acceptors (Lipinski definition) is 3. The fourth-order valence-electron chi connectivity index (χ4n) is 0.833. The van der Waals surface area contributed by atoms with Crippen molar-refractivity contribution in [2.24, 2.45) is 10.3 Å². The lowest BCUT2D eigenvalue weighted by atomic mass is 10.3. The third kappa shape index (κ3) is 0.632. The predicted molar refractivity (Wildman–Crippen MR) is 33.8 cm³/mol. The molecular formula is C6H4N3O. The minimum absolute atomic E-state index is 0.271. The van der Waals surface area contributed by atoms with E-state index in [9.17, 15) is 5.21 Å². The van der Waals surface area contributed by atoms with Gasteiger partial charge in [0.1, 0.15) is 0 Å². The van der Waals surface area contributed by atoms with Gasteiger partial charge in [0.2, 0.25) is 0 Å². The van der Waals surface area contributed by atoms with E-state index in [2.05, 4.69) is 16.4 Å². The first kappa shape index (κ1) is 5.52. The summed E-state index contributed by atoms with van der Waals surface area (Å²) in [5, 5.41) is 17.5. The highest BCUT2D eigenvalue weighted by Crippen LogP contribution is 2.22. The number of benzene rings is 1. The van der Waals surface area contributed by atoms with E-state index in [1.807, 2.05) is 0 Å². The molecule has 4 heteroatoms.